The molecule has 14 heavy (non-hydrogen) atoms. The van der Waals surface area contributed by atoms with E-state index < -0.39 is 0 Å². The number of hydrogen-bond acceptors (Lipinski definition) is 3. The number of carbonyl (C=O) groups excluding carboxylic acids is 1. The summed E-state index contributed by atoms with van der Waals surface area (Å²) in [5, 5.41) is 0. The van der Waals surface area contributed by atoms with Gasteiger partial charge in [-0.2, -0.15) is 0 Å². The van der Waals surface area contributed by atoms with Crippen LogP contribution in [0.3, 0.4) is 0 Å². The van der Waals surface area contributed by atoms with Crippen LogP contribution in [-0.2, 0) is 9.53 Å². The summed E-state index contributed by atoms with van der Waals surface area (Å²) in [5.74, 6) is 0.169. The van der Waals surface area contributed by atoms with Crippen LogP contribution < -0.4 is 5.73 Å². The zero-order chi connectivity index (χ0) is 10.8. The van der Waals surface area contributed by atoms with Gasteiger partial charge in [0.25, 0.3) is 0 Å². The largest absolute Gasteiger partial charge is 0.384 e. The van der Waals surface area contributed by atoms with Crippen LogP contribution in [0.25, 0.3) is 0 Å². The minimum atomic E-state index is 0.169. The van der Waals surface area contributed by atoms with E-state index in [9.17, 15) is 4.79 Å². The van der Waals surface area contributed by atoms with Crippen LogP contribution in [0.1, 0.15) is 26.2 Å². The summed E-state index contributed by atoms with van der Waals surface area (Å²) in [6.07, 6.45) is 2.34. The molecule has 1 amide bonds. The molecular formula is C10H22N2O2. The fourth-order valence-electron chi connectivity index (χ4n) is 1.26. The van der Waals surface area contributed by atoms with E-state index in [1.54, 1.807) is 7.11 Å². The van der Waals surface area contributed by atoms with E-state index in [1.807, 2.05) is 4.90 Å². The Labute approximate surface area is 86.4 Å². The van der Waals surface area contributed by atoms with E-state index in [2.05, 4.69) is 6.92 Å². The Hall–Kier alpha value is -0.610. The van der Waals surface area contributed by atoms with E-state index in [1.165, 1.54) is 0 Å². The SMILES string of the molecule is CCCN(CCCN)C(=O)CCOC. The number of hydrogen-bond donors (Lipinski definition) is 1. The Kier molecular flexibility index (Phi) is 8.57. The van der Waals surface area contributed by atoms with Crippen molar-refractivity contribution in [3.8, 4) is 0 Å². The van der Waals surface area contributed by atoms with Gasteiger partial charge in [0.05, 0.1) is 13.0 Å². The van der Waals surface area contributed by atoms with Crippen LogP contribution in [0.4, 0.5) is 0 Å². The highest BCUT2D eigenvalue weighted by molar-refractivity contribution is 5.76. The molecule has 0 fully saturated rings. The molecule has 0 bridgehead atoms. The first-order chi connectivity index (χ1) is 6.76. The molecule has 0 aliphatic heterocycles. The molecule has 0 heterocycles. The average molecular weight is 202 g/mol. The zero-order valence-corrected chi connectivity index (χ0v) is 9.29. The maximum absolute atomic E-state index is 11.6. The number of methoxy groups -OCH3 is 1. The Morgan fingerprint density at radius 1 is 1.43 bits per heavy atom. The van der Waals surface area contributed by atoms with E-state index >= 15 is 0 Å². The lowest BCUT2D eigenvalue weighted by Crippen LogP contribution is -2.34. The number of nitrogens with zero attached hydrogens (tertiary/aromatic N) is 1. The van der Waals surface area contributed by atoms with Crippen molar-refractivity contribution in [3.05, 3.63) is 0 Å². The second kappa shape index (κ2) is 8.97. The predicted octanol–water partition coefficient (Wildman–Crippen LogP) is 0.610. The van der Waals surface area contributed by atoms with E-state index in [4.69, 9.17) is 10.5 Å². The summed E-state index contributed by atoms with van der Waals surface area (Å²) >= 11 is 0. The summed E-state index contributed by atoms with van der Waals surface area (Å²) < 4.78 is 4.87. The standard InChI is InChI=1S/C10H22N2O2/c1-3-7-12(8-4-6-11)10(13)5-9-14-2/h3-9,11H2,1-2H3. The summed E-state index contributed by atoms with van der Waals surface area (Å²) in [6.45, 7) is 4.80. The molecule has 84 valence electrons. The minimum absolute atomic E-state index is 0.169. The molecule has 0 rings (SSSR count). The second-order valence-corrected chi connectivity index (χ2v) is 3.27. The molecule has 0 spiro atoms. The molecule has 4 nitrogen and oxygen atoms in total. The summed E-state index contributed by atoms with van der Waals surface area (Å²) in [7, 11) is 1.61. The monoisotopic (exact) mass is 202 g/mol. The molecule has 0 aliphatic rings. The lowest BCUT2D eigenvalue weighted by molar-refractivity contribution is -0.132. The van der Waals surface area contributed by atoms with Crippen molar-refractivity contribution < 1.29 is 9.53 Å². The van der Waals surface area contributed by atoms with Gasteiger partial charge in [-0.3, -0.25) is 4.79 Å². The molecule has 0 saturated carbocycles. The lowest BCUT2D eigenvalue weighted by atomic mass is 10.3. The van der Waals surface area contributed by atoms with Gasteiger partial charge in [0.2, 0.25) is 5.91 Å². The highest BCUT2D eigenvalue weighted by atomic mass is 16.5. The lowest BCUT2D eigenvalue weighted by Gasteiger charge is -2.21. The van der Waals surface area contributed by atoms with Crippen LogP contribution in [0.5, 0.6) is 0 Å². The van der Waals surface area contributed by atoms with E-state index in [0.717, 1.165) is 25.9 Å². The maximum Gasteiger partial charge on any atom is 0.224 e. The molecule has 0 atom stereocenters. The predicted molar refractivity (Wildman–Crippen MR) is 57.0 cm³/mol. The van der Waals surface area contributed by atoms with Gasteiger partial charge in [0.15, 0.2) is 0 Å². The van der Waals surface area contributed by atoms with Crippen molar-refractivity contribution in [1.82, 2.24) is 4.90 Å². The van der Waals surface area contributed by atoms with Gasteiger partial charge in [0.1, 0.15) is 0 Å². The van der Waals surface area contributed by atoms with Gasteiger partial charge in [0, 0.05) is 20.2 Å². The number of amides is 1. The van der Waals surface area contributed by atoms with Crippen molar-refractivity contribution in [2.24, 2.45) is 5.73 Å². The van der Waals surface area contributed by atoms with Crippen molar-refractivity contribution in [2.75, 3.05) is 33.4 Å². The Morgan fingerprint density at radius 2 is 2.14 bits per heavy atom. The number of carbonyl (C=O) groups is 1. The van der Waals surface area contributed by atoms with Crippen LogP contribution in [0, 0.1) is 0 Å². The van der Waals surface area contributed by atoms with Gasteiger partial charge in [-0.1, -0.05) is 6.92 Å². The van der Waals surface area contributed by atoms with Crippen molar-refractivity contribution in [3.63, 3.8) is 0 Å². The normalized spacial score (nSPS) is 10.2. The Bertz CT molecular complexity index is 151. The smallest absolute Gasteiger partial charge is 0.224 e. The molecule has 0 saturated heterocycles. The van der Waals surface area contributed by atoms with Crippen LogP contribution in [0.2, 0.25) is 0 Å². The topological polar surface area (TPSA) is 55.6 Å². The highest BCUT2D eigenvalue weighted by Gasteiger charge is 2.10. The minimum Gasteiger partial charge on any atom is -0.384 e. The van der Waals surface area contributed by atoms with Crippen LogP contribution in [0.15, 0.2) is 0 Å². The number of nitrogens with two attached hydrogens (primary N) is 1. The van der Waals surface area contributed by atoms with Crippen molar-refractivity contribution >= 4 is 5.91 Å². The highest BCUT2D eigenvalue weighted by Crippen LogP contribution is 1.98. The molecule has 0 aromatic heterocycles. The molecule has 0 unspecified atom stereocenters. The molecule has 0 radical (unpaired) electrons. The number of rotatable bonds is 8. The van der Waals surface area contributed by atoms with Gasteiger partial charge in [-0.25, -0.2) is 0 Å². The van der Waals surface area contributed by atoms with E-state index in [0.29, 0.717) is 19.6 Å². The molecule has 4 heteroatoms. The fraction of sp³-hybridized carbons (Fsp3) is 0.900. The van der Waals surface area contributed by atoms with Gasteiger partial charge >= 0.3 is 0 Å². The van der Waals surface area contributed by atoms with Crippen molar-refractivity contribution in [1.29, 1.82) is 0 Å². The molecule has 0 aromatic carbocycles. The second-order valence-electron chi connectivity index (χ2n) is 3.27. The molecular weight excluding hydrogens is 180 g/mol. The molecule has 0 aromatic rings. The maximum atomic E-state index is 11.6. The summed E-state index contributed by atoms with van der Waals surface area (Å²) in [5.41, 5.74) is 5.41. The van der Waals surface area contributed by atoms with Crippen LogP contribution in [-0.4, -0.2) is 44.2 Å². The fourth-order valence-corrected chi connectivity index (χ4v) is 1.26. The van der Waals surface area contributed by atoms with Gasteiger partial charge in [-0.05, 0) is 19.4 Å². The zero-order valence-electron chi connectivity index (χ0n) is 9.29. The first kappa shape index (κ1) is 13.4. The van der Waals surface area contributed by atoms with E-state index in [-0.39, 0.29) is 5.91 Å². The van der Waals surface area contributed by atoms with Crippen molar-refractivity contribution in [2.45, 2.75) is 26.2 Å². The third-order valence-electron chi connectivity index (χ3n) is 2.00. The Morgan fingerprint density at radius 3 is 2.64 bits per heavy atom. The van der Waals surface area contributed by atoms with Gasteiger partial charge in [-0.15, -0.1) is 0 Å². The summed E-state index contributed by atoms with van der Waals surface area (Å²) in [4.78, 5) is 13.5. The quantitative estimate of drug-likeness (QED) is 0.627. The average Bonchev–Trinajstić information content (AvgIpc) is 2.20. The van der Waals surface area contributed by atoms with Crippen LogP contribution >= 0.6 is 0 Å². The van der Waals surface area contributed by atoms with Gasteiger partial charge < -0.3 is 15.4 Å². The summed E-state index contributed by atoms with van der Waals surface area (Å²) in [6, 6.07) is 0. The Balaban J connectivity index is 3.84. The third kappa shape index (κ3) is 5.94. The molecule has 0 aliphatic carbocycles. The first-order valence-electron chi connectivity index (χ1n) is 5.23. The first-order valence-corrected chi connectivity index (χ1v) is 5.23. The molecule has 2 N–H and O–H groups in total. The third-order valence-corrected chi connectivity index (χ3v) is 2.00. The number of ether oxygens (including phenoxy) is 1.